The minimum atomic E-state index is -0.740. The monoisotopic (exact) mass is 376 g/mol. The fourth-order valence-electron chi connectivity index (χ4n) is 2.59. The number of rotatable bonds is 6. The molecule has 0 saturated carbocycles. The quantitative estimate of drug-likeness (QED) is 0.453. The van der Waals surface area contributed by atoms with E-state index < -0.39 is 23.4 Å². The molecule has 1 N–H and O–H groups in total. The van der Waals surface area contributed by atoms with Crippen LogP contribution in [0, 0.1) is 24.0 Å². The van der Waals surface area contributed by atoms with Crippen molar-refractivity contribution in [2.45, 2.75) is 20.4 Å². The molecule has 1 aliphatic heterocycles. The molecule has 1 aromatic heterocycles. The van der Waals surface area contributed by atoms with Crippen LogP contribution in [-0.4, -0.2) is 40.0 Å². The minimum absolute atomic E-state index is 0.120. The van der Waals surface area contributed by atoms with Gasteiger partial charge in [0.1, 0.15) is 17.9 Å². The van der Waals surface area contributed by atoms with Crippen LogP contribution in [0.1, 0.15) is 11.4 Å². The molecule has 0 atom stereocenters. The van der Waals surface area contributed by atoms with Gasteiger partial charge in [0.2, 0.25) is 6.79 Å². The SMILES string of the molecule is Cc1nn(CC(=O)OCC(=O)Nc2ccc3c(c2)OCO3)c(C)c1[N+](=O)[O-]. The van der Waals surface area contributed by atoms with Gasteiger partial charge >= 0.3 is 11.7 Å². The maximum atomic E-state index is 11.9. The number of carbonyl (C=O) groups excluding carboxylic acids is 2. The van der Waals surface area contributed by atoms with Crippen LogP contribution in [0.4, 0.5) is 11.4 Å². The first-order chi connectivity index (χ1) is 12.8. The summed E-state index contributed by atoms with van der Waals surface area (Å²) in [7, 11) is 0. The van der Waals surface area contributed by atoms with Gasteiger partial charge in [-0.1, -0.05) is 0 Å². The summed E-state index contributed by atoms with van der Waals surface area (Å²) in [5.74, 6) is -0.188. The van der Waals surface area contributed by atoms with Gasteiger partial charge in [-0.05, 0) is 26.0 Å². The van der Waals surface area contributed by atoms with E-state index in [1.54, 1.807) is 18.2 Å². The van der Waals surface area contributed by atoms with E-state index in [1.807, 2.05) is 0 Å². The van der Waals surface area contributed by atoms with Crippen LogP contribution < -0.4 is 14.8 Å². The number of nitrogens with zero attached hydrogens (tertiary/aromatic N) is 3. The second-order valence-electron chi connectivity index (χ2n) is 5.71. The van der Waals surface area contributed by atoms with Crippen LogP contribution in [0.15, 0.2) is 18.2 Å². The van der Waals surface area contributed by atoms with Gasteiger partial charge in [0.15, 0.2) is 18.1 Å². The van der Waals surface area contributed by atoms with Crippen LogP contribution in [0.3, 0.4) is 0 Å². The highest BCUT2D eigenvalue weighted by atomic mass is 16.7. The summed E-state index contributed by atoms with van der Waals surface area (Å²) < 4.78 is 16.5. The number of anilines is 1. The Labute approximate surface area is 153 Å². The van der Waals surface area contributed by atoms with E-state index in [0.717, 1.165) is 0 Å². The van der Waals surface area contributed by atoms with Crippen LogP contribution in [0.25, 0.3) is 0 Å². The molecule has 0 saturated heterocycles. The molecule has 2 aromatic rings. The zero-order valence-electron chi connectivity index (χ0n) is 14.6. The summed E-state index contributed by atoms with van der Waals surface area (Å²) in [6.45, 7) is 2.24. The molecule has 0 bridgehead atoms. The van der Waals surface area contributed by atoms with Crippen molar-refractivity contribution in [1.29, 1.82) is 0 Å². The van der Waals surface area contributed by atoms with Gasteiger partial charge in [0, 0.05) is 11.8 Å². The zero-order chi connectivity index (χ0) is 19.6. The number of amides is 1. The summed E-state index contributed by atoms with van der Waals surface area (Å²) in [5, 5.41) is 17.5. The molecule has 0 fully saturated rings. The Balaban J connectivity index is 1.52. The number of carbonyl (C=O) groups is 2. The number of nitrogens with one attached hydrogen (secondary N) is 1. The highest BCUT2D eigenvalue weighted by molar-refractivity contribution is 5.93. The van der Waals surface area contributed by atoms with Crippen molar-refractivity contribution < 1.29 is 28.7 Å². The van der Waals surface area contributed by atoms with Crippen LogP contribution in [-0.2, 0) is 20.9 Å². The summed E-state index contributed by atoms with van der Waals surface area (Å²) in [6, 6.07) is 4.87. The molecular weight excluding hydrogens is 360 g/mol. The van der Waals surface area contributed by atoms with Gasteiger partial charge in [0.25, 0.3) is 5.91 Å². The number of esters is 1. The molecule has 11 heteroatoms. The van der Waals surface area contributed by atoms with Gasteiger partial charge in [-0.3, -0.25) is 24.4 Å². The molecule has 0 unspecified atom stereocenters. The molecule has 2 heterocycles. The first-order valence-electron chi connectivity index (χ1n) is 7.88. The van der Waals surface area contributed by atoms with Crippen molar-refractivity contribution in [2.24, 2.45) is 0 Å². The Morgan fingerprint density at radius 2 is 2.07 bits per heavy atom. The number of ether oxygens (including phenoxy) is 3. The Kier molecular flexibility index (Phi) is 4.92. The molecule has 0 spiro atoms. The minimum Gasteiger partial charge on any atom is -0.454 e. The van der Waals surface area contributed by atoms with Gasteiger partial charge in [0.05, 0.1) is 4.92 Å². The van der Waals surface area contributed by atoms with Crippen LogP contribution >= 0.6 is 0 Å². The lowest BCUT2D eigenvalue weighted by Gasteiger charge is -2.08. The molecule has 0 radical (unpaired) electrons. The molecule has 1 aromatic carbocycles. The average molecular weight is 376 g/mol. The predicted octanol–water partition coefficient (Wildman–Crippen LogP) is 1.32. The summed E-state index contributed by atoms with van der Waals surface area (Å²) in [6.07, 6.45) is 0. The number of fused-ring (bicyclic) bond motifs is 1. The van der Waals surface area contributed by atoms with Crippen molar-refractivity contribution in [3.63, 3.8) is 0 Å². The Morgan fingerprint density at radius 3 is 2.78 bits per heavy atom. The first-order valence-corrected chi connectivity index (χ1v) is 7.88. The third-order valence-electron chi connectivity index (χ3n) is 3.83. The van der Waals surface area contributed by atoms with Crippen molar-refractivity contribution >= 4 is 23.3 Å². The van der Waals surface area contributed by atoms with E-state index in [1.165, 1.54) is 18.5 Å². The summed E-state index contributed by atoms with van der Waals surface area (Å²) in [5.41, 5.74) is 0.753. The Morgan fingerprint density at radius 1 is 1.33 bits per heavy atom. The fraction of sp³-hybridized carbons (Fsp3) is 0.312. The maximum Gasteiger partial charge on any atom is 0.328 e. The number of aryl methyl sites for hydroxylation is 1. The second-order valence-corrected chi connectivity index (χ2v) is 5.71. The predicted molar refractivity (Wildman–Crippen MR) is 90.5 cm³/mol. The highest BCUT2D eigenvalue weighted by Crippen LogP contribution is 2.34. The average Bonchev–Trinajstić information content (AvgIpc) is 3.17. The van der Waals surface area contributed by atoms with E-state index in [-0.39, 0.29) is 30.4 Å². The summed E-state index contributed by atoms with van der Waals surface area (Å²) in [4.78, 5) is 34.2. The van der Waals surface area contributed by atoms with Crippen molar-refractivity contribution in [3.8, 4) is 11.5 Å². The number of aromatic nitrogens is 2. The molecule has 1 amide bonds. The Hall–Kier alpha value is -3.63. The van der Waals surface area contributed by atoms with Gasteiger partial charge < -0.3 is 19.5 Å². The maximum absolute atomic E-state index is 11.9. The lowest BCUT2D eigenvalue weighted by atomic mass is 10.3. The zero-order valence-corrected chi connectivity index (χ0v) is 14.6. The second kappa shape index (κ2) is 7.32. The normalized spacial score (nSPS) is 11.9. The topological polar surface area (TPSA) is 135 Å². The molecule has 1 aliphatic rings. The smallest absolute Gasteiger partial charge is 0.328 e. The van der Waals surface area contributed by atoms with Crippen LogP contribution in [0.2, 0.25) is 0 Å². The van der Waals surface area contributed by atoms with Gasteiger partial charge in [-0.25, -0.2) is 0 Å². The lowest BCUT2D eigenvalue weighted by Crippen LogP contribution is -2.23. The van der Waals surface area contributed by atoms with Crippen molar-refractivity contribution in [3.05, 3.63) is 39.7 Å². The molecule has 3 rings (SSSR count). The van der Waals surface area contributed by atoms with E-state index in [4.69, 9.17) is 14.2 Å². The fourth-order valence-corrected chi connectivity index (χ4v) is 2.59. The van der Waals surface area contributed by atoms with Crippen LogP contribution in [0.5, 0.6) is 11.5 Å². The highest BCUT2D eigenvalue weighted by Gasteiger charge is 2.23. The van der Waals surface area contributed by atoms with E-state index in [9.17, 15) is 19.7 Å². The van der Waals surface area contributed by atoms with Crippen molar-refractivity contribution in [1.82, 2.24) is 9.78 Å². The molecule has 142 valence electrons. The molecule has 27 heavy (non-hydrogen) atoms. The summed E-state index contributed by atoms with van der Waals surface area (Å²) >= 11 is 0. The molecular formula is C16H16N4O7. The number of hydrogen-bond acceptors (Lipinski definition) is 8. The molecule has 11 nitrogen and oxygen atoms in total. The van der Waals surface area contributed by atoms with Crippen molar-refractivity contribution in [2.75, 3.05) is 18.7 Å². The van der Waals surface area contributed by atoms with E-state index >= 15 is 0 Å². The third-order valence-corrected chi connectivity index (χ3v) is 3.83. The number of benzene rings is 1. The molecule has 0 aliphatic carbocycles. The standard InChI is InChI=1S/C16H16N4O7/c1-9-16(20(23)24)10(2)19(18-9)6-15(22)25-7-14(21)17-11-3-4-12-13(5-11)27-8-26-12/h3-5H,6-8H2,1-2H3,(H,17,21). The third kappa shape index (κ3) is 3.97. The largest absolute Gasteiger partial charge is 0.454 e. The number of hydrogen-bond donors (Lipinski definition) is 1. The van der Waals surface area contributed by atoms with E-state index in [2.05, 4.69) is 10.4 Å². The first kappa shape index (κ1) is 18.2. The number of nitro groups is 1. The van der Waals surface area contributed by atoms with Gasteiger partial charge in [-0.2, -0.15) is 5.10 Å². The van der Waals surface area contributed by atoms with Gasteiger partial charge in [-0.15, -0.1) is 0 Å². The Bertz CT molecular complexity index is 922. The van der Waals surface area contributed by atoms with E-state index in [0.29, 0.717) is 17.2 Å². The lowest BCUT2D eigenvalue weighted by molar-refractivity contribution is -0.386.